The maximum atomic E-state index is 10.1. The van der Waals surface area contributed by atoms with Gasteiger partial charge in [-0.25, -0.2) is 10.8 Å². The highest BCUT2D eigenvalue weighted by atomic mass is 16.6. The van der Waals surface area contributed by atoms with Crippen molar-refractivity contribution < 1.29 is 9.47 Å². The van der Waals surface area contributed by atoms with Crippen LogP contribution in [0.25, 0.3) is 11.3 Å². The van der Waals surface area contributed by atoms with Crippen molar-refractivity contribution in [2.45, 2.75) is 69.7 Å². The molecule has 4 N–H and O–H groups in total. The monoisotopic (exact) mass is 478 g/mol. The summed E-state index contributed by atoms with van der Waals surface area (Å²) in [6, 6.07) is 11.7. The van der Waals surface area contributed by atoms with Crippen molar-refractivity contribution in [3.05, 3.63) is 42.7 Å². The molecule has 3 heterocycles. The van der Waals surface area contributed by atoms with E-state index in [2.05, 4.69) is 11.1 Å². The first-order chi connectivity index (χ1) is 16.9. The molecule has 0 aromatic carbocycles. The predicted octanol–water partition coefficient (Wildman–Crippen LogP) is 4.03. The van der Waals surface area contributed by atoms with E-state index in [1.807, 2.05) is 44.2 Å². The molecule has 1 aliphatic carbocycles. The van der Waals surface area contributed by atoms with Gasteiger partial charge in [-0.3, -0.25) is 15.7 Å². The normalized spacial score (nSPS) is 28.4. The van der Waals surface area contributed by atoms with Crippen LogP contribution in [0.1, 0.15) is 52.4 Å². The minimum atomic E-state index is -1.31. The molecule has 8 heteroatoms. The van der Waals surface area contributed by atoms with Crippen molar-refractivity contribution in [1.82, 2.24) is 9.97 Å². The summed E-state index contributed by atoms with van der Waals surface area (Å²) in [5.74, 6) is 7.25. The van der Waals surface area contributed by atoms with Crippen LogP contribution < -0.4 is 16.6 Å². The van der Waals surface area contributed by atoms with Crippen LogP contribution in [0.3, 0.4) is 0 Å². The van der Waals surface area contributed by atoms with Gasteiger partial charge < -0.3 is 9.47 Å². The van der Waals surface area contributed by atoms with Crippen LogP contribution >= 0.6 is 0 Å². The highest BCUT2D eigenvalue weighted by Crippen LogP contribution is 2.49. The lowest BCUT2D eigenvalue weighted by atomic mass is 9.63. The van der Waals surface area contributed by atoms with Gasteiger partial charge in [0.2, 0.25) is 0 Å². The molecule has 35 heavy (non-hydrogen) atoms. The highest BCUT2D eigenvalue weighted by molar-refractivity contribution is 5.61. The van der Waals surface area contributed by atoms with Gasteiger partial charge in [-0.15, -0.1) is 0 Å². The average Bonchev–Trinajstić information content (AvgIpc) is 2.89. The van der Waals surface area contributed by atoms with Gasteiger partial charge in [-0.05, 0) is 55.4 Å². The number of hydrogen-bond acceptors (Lipinski definition) is 8. The smallest absolute Gasteiger partial charge is 0.169 e. The number of aromatic nitrogens is 2. The van der Waals surface area contributed by atoms with Crippen molar-refractivity contribution >= 4 is 5.82 Å². The maximum Gasteiger partial charge on any atom is 0.169 e. The Balaban J connectivity index is 1.83. The zero-order chi connectivity index (χ0) is 25.1. The summed E-state index contributed by atoms with van der Waals surface area (Å²) < 4.78 is 12.7. The molecule has 4 atom stereocenters. The topological polar surface area (TPSA) is 123 Å². The molecule has 0 amide bonds. The molecular formula is C27H38N6O2. The molecular weight excluding hydrogens is 440 g/mol. The van der Waals surface area contributed by atoms with Crippen molar-refractivity contribution in [1.29, 1.82) is 5.26 Å². The summed E-state index contributed by atoms with van der Waals surface area (Å²) in [5.41, 5.74) is 6.75. The Bertz CT molecular complexity index is 1020. The third-order valence-electron chi connectivity index (χ3n) is 8.04. The fraction of sp³-hybridized carbons (Fsp3) is 0.593. The number of rotatable bonds is 7. The van der Waals surface area contributed by atoms with E-state index in [1.54, 1.807) is 24.5 Å². The van der Waals surface area contributed by atoms with E-state index < -0.39 is 23.3 Å². The van der Waals surface area contributed by atoms with Crippen LogP contribution in [0, 0.1) is 29.1 Å². The highest BCUT2D eigenvalue weighted by Gasteiger charge is 2.65. The molecule has 1 saturated heterocycles. The van der Waals surface area contributed by atoms with Crippen LogP contribution in [0.15, 0.2) is 42.7 Å². The van der Waals surface area contributed by atoms with Gasteiger partial charge in [0, 0.05) is 25.1 Å². The molecule has 188 valence electrons. The summed E-state index contributed by atoms with van der Waals surface area (Å²) >= 11 is 0. The number of ether oxygens (including phenoxy) is 2. The van der Waals surface area contributed by atoms with Crippen molar-refractivity contribution in [3.63, 3.8) is 0 Å². The number of nitriles is 1. The fourth-order valence-corrected chi connectivity index (χ4v) is 6.44. The Hall–Kier alpha value is -2.57. The molecule has 0 radical (unpaired) electrons. The maximum absolute atomic E-state index is 10.1. The van der Waals surface area contributed by atoms with Crippen LogP contribution in [0.2, 0.25) is 0 Å². The van der Waals surface area contributed by atoms with Crippen LogP contribution in [0.5, 0.6) is 0 Å². The molecule has 2 fully saturated rings. The first-order valence-electron chi connectivity index (χ1n) is 12.7. The summed E-state index contributed by atoms with van der Waals surface area (Å²) in [7, 11) is 1.64. The molecule has 8 nitrogen and oxygen atoms in total. The first-order valence-corrected chi connectivity index (χ1v) is 12.7. The molecule has 2 aromatic rings. The van der Waals surface area contributed by atoms with Gasteiger partial charge >= 0.3 is 0 Å². The Morgan fingerprint density at radius 3 is 2.49 bits per heavy atom. The average molecular weight is 479 g/mol. The van der Waals surface area contributed by atoms with E-state index in [1.165, 1.54) is 6.42 Å². The van der Waals surface area contributed by atoms with E-state index >= 15 is 0 Å². The third kappa shape index (κ3) is 4.43. The van der Waals surface area contributed by atoms with Crippen molar-refractivity contribution in [2.24, 2.45) is 29.3 Å². The molecule has 4 rings (SSSR count). The van der Waals surface area contributed by atoms with E-state index in [0.29, 0.717) is 18.8 Å². The summed E-state index contributed by atoms with van der Waals surface area (Å²) in [6.07, 6.45) is 9.45. The Labute approximate surface area is 208 Å². The van der Waals surface area contributed by atoms with Crippen molar-refractivity contribution in [2.75, 3.05) is 18.7 Å². The van der Waals surface area contributed by atoms with Gasteiger partial charge in [-0.1, -0.05) is 39.2 Å². The lowest BCUT2D eigenvalue weighted by Gasteiger charge is -2.60. The van der Waals surface area contributed by atoms with Gasteiger partial charge in [0.1, 0.15) is 11.4 Å². The number of hydrogen-bond donors (Lipinski definition) is 2. The van der Waals surface area contributed by atoms with Crippen LogP contribution in [0.4, 0.5) is 5.82 Å². The number of nitrogens with zero attached hydrogens (tertiary/aromatic N) is 4. The van der Waals surface area contributed by atoms with Gasteiger partial charge in [0.15, 0.2) is 5.72 Å². The minimum Gasteiger partial charge on any atom is -0.372 e. The number of hydrazine groups is 1. The van der Waals surface area contributed by atoms with Crippen molar-refractivity contribution in [3.8, 4) is 17.3 Å². The van der Waals surface area contributed by atoms with Gasteiger partial charge in [0.25, 0.3) is 0 Å². The Kier molecular flexibility index (Phi) is 7.72. The predicted molar refractivity (Wildman–Crippen MR) is 136 cm³/mol. The quantitative estimate of drug-likeness (QED) is 0.452. The lowest BCUT2D eigenvalue weighted by molar-refractivity contribution is -0.273. The lowest BCUT2D eigenvalue weighted by Crippen LogP contribution is -2.80. The van der Waals surface area contributed by atoms with E-state index in [4.69, 9.17) is 26.0 Å². The third-order valence-corrected chi connectivity index (χ3v) is 8.04. The second kappa shape index (κ2) is 10.6. The minimum absolute atomic E-state index is 0.0712. The summed E-state index contributed by atoms with van der Waals surface area (Å²) in [5, 5.41) is 11.8. The zero-order valence-corrected chi connectivity index (χ0v) is 21.1. The molecule has 0 spiro atoms. The second-order valence-corrected chi connectivity index (χ2v) is 10.1. The number of nitrogens with two attached hydrogens (primary N) is 2. The zero-order valence-electron chi connectivity index (χ0n) is 21.1. The number of anilines is 1. The summed E-state index contributed by atoms with van der Waals surface area (Å²) in [4.78, 5) is 9.01. The first kappa shape index (κ1) is 25.5. The fourth-order valence-electron chi connectivity index (χ4n) is 6.44. The van der Waals surface area contributed by atoms with E-state index in [0.717, 1.165) is 36.9 Å². The van der Waals surface area contributed by atoms with Gasteiger partial charge in [0.05, 0.1) is 30.3 Å². The number of methoxy groups -OCH3 is 1. The summed E-state index contributed by atoms with van der Waals surface area (Å²) in [6.45, 7) is 4.48. The Morgan fingerprint density at radius 2 is 1.86 bits per heavy atom. The van der Waals surface area contributed by atoms with E-state index in [-0.39, 0.29) is 11.8 Å². The molecule has 0 bridgehead atoms. The van der Waals surface area contributed by atoms with Gasteiger partial charge in [-0.2, -0.15) is 5.26 Å². The van der Waals surface area contributed by atoms with Crippen LogP contribution in [-0.2, 0) is 9.47 Å². The largest absolute Gasteiger partial charge is 0.372 e. The SMILES string of the molecule is COC1(C(C)C)C(C#N)CCOC1(N)C(C1CCCCC1)N(N)c1cccc(-c2ccncc2)n1. The second-order valence-electron chi connectivity index (χ2n) is 10.1. The number of pyridine rings is 2. The Morgan fingerprint density at radius 1 is 1.14 bits per heavy atom. The molecule has 1 saturated carbocycles. The molecule has 2 aromatic heterocycles. The van der Waals surface area contributed by atoms with E-state index in [9.17, 15) is 5.26 Å². The molecule has 4 unspecified atom stereocenters. The molecule has 1 aliphatic heterocycles. The standard InChI is InChI=1S/C27H38N6O2/c1-19(2)26(34-3)22(18-28)14-17-35-27(26,29)25(21-8-5-4-6-9-21)33(30)24-11-7-10-23(32-24)20-12-15-31-16-13-20/h7,10-13,15-16,19,21-22,25H,4-6,8-9,14,17,29-30H2,1-3H3. The van der Waals surface area contributed by atoms with Crippen LogP contribution in [-0.4, -0.2) is 41.1 Å². The molecule has 2 aliphatic rings.